The molecule has 0 atom stereocenters. The van der Waals surface area contributed by atoms with Gasteiger partial charge in [0.25, 0.3) is 0 Å². The van der Waals surface area contributed by atoms with E-state index in [0.717, 1.165) is 31.4 Å². The molecule has 18 heavy (non-hydrogen) atoms. The Kier molecular flexibility index (Phi) is 3.75. The lowest BCUT2D eigenvalue weighted by molar-refractivity contribution is -0.137. The molecule has 0 radical (unpaired) electrons. The average molecular weight is 259 g/mol. The van der Waals surface area contributed by atoms with Crippen LogP contribution >= 0.6 is 0 Å². The van der Waals surface area contributed by atoms with Gasteiger partial charge in [-0.1, -0.05) is 0 Å². The van der Waals surface area contributed by atoms with Gasteiger partial charge in [-0.25, -0.2) is 4.98 Å². The lowest BCUT2D eigenvalue weighted by Gasteiger charge is -2.24. The van der Waals surface area contributed by atoms with Crippen molar-refractivity contribution in [1.82, 2.24) is 4.98 Å². The third-order valence-corrected chi connectivity index (χ3v) is 2.96. The van der Waals surface area contributed by atoms with Crippen LogP contribution in [0.15, 0.2) is 18.3 Å². The summed E-state index contributed by atoms with van der Waals surface area (Å²) in [6.07, 6.45) is -0.309. The van der Waals surface area contributed by atoms with Crippen molar-refractivity contribution >= 4 is 5.82 Å². The highest BCUT2D eigenvalue weighted by atomic mass is 19.4. The van der Waals surface area contributed by atoms with Gasteiger partial charge in [0.2, 0.25) is 0 Å². The first-order valence-electron chi connectivity index (χ1n) is 6.02. The van der Waals surface area contributed by atoms with Crippen molar-refractivity contribution in [2.45, 2.75) is 31.5 Å². The molecule has 1 fully saturated rings. The van der Waals surface area contributed by atoms with E-state index < -0.39 is 11.7 Å². The van der Waals surface area contributed by atoms with Crippen LogP contribution in [0.25, 0.3) is 0 Å². The first-order valence-corrected chi connectivity index (χ1v) is 6.02. The van der Waals surface area contributed by atoms with Gasteiger partial charge in [-0.3, -0.25) is 0 Å². The SMILES string of the molecule is NCCCN(c1cc(C(F)(F)F)ccn1)C1CC1. The summed E-state index contributed by atoms with van der Waals surface area (Å²) in [6, 6.07) is 2.44. The molecule has 0 saturated heterocycles. The van der Waals surface area contributed by atoms with Crippen LogP contribution in [0.1, 0.15) is 24.8 Å². The molecule has 3 nitrogen and oxygen atoms in total. The fourth-order valence-electron chi connectivity index (χ4n) is 1.88. The number of pyridine rings is 1. The number of hydrogen-bond donors (Lipinski definition) is 1. The van der Waals surface area contributed by atoms with Gasteiger partial charge < -0.3 is 10.6 Å². The zero-order chi connectivity index (χ0) is 13.2. The van der Waals surface area contributed by atoms with Crippen LogP contribution in [0.2, 0.25) is 0 Å². The van der Waals surface area contributed by atoms with E-state index in [4.69, 9.17) is 5.73 Å². The highest BCUT2D eigenvalue weighted by Crippen LogP contribution is 2.34. The Balaban J connectivity index is 2.19. The van der Waals surface area contributed by atoms with Crippen molar-refractivity contribution in [1.29, 1.82) is 0 Å². The third-order valence-electron chi connectivity index (χ3n) is 2.96. The summed E-state index contributed by atoms with van der Waals surface area (Å²) in [5.41, 5.74) is 4.80. The lowest BCUT2D eigenvalue weighted by Crippen LogP contribution is -2.29. The first kappa shape index (κ1) is 13.1. The number of rotatable bonds is 5. The molecule has 6 heteroatoms. The summed E-state index contributed by atoms with van der Waals surface area (Å²) in [7, 11) is 0. The topological polar surface area (TPSA) is 42.1 Å². The molecule has 0 unspecified atom stereocenters. The molecule has 100 valence electrons. The average Bonchev–Trinajstić information content (AvgIpc) is 3.13. The summed E-state index contributed by atoms with van der Waals surface area (Å²) in [4.78, 5) is 5.99. The van der Waals surface area contributed by atoms with Crippen LogP contribution in [0.3, 0.4) is 0 Å². The predicted octanol–water partition coefficient (Wildman–Crippen LogP) is 2.42. The number of halogens is 3. The van der Waals surface area contributed by atoms with E-state index in [-0.39, 0.29) is 0 Å². The van der Waals surface area contributed by atoms with Crippen LogP contribution < -0.4 is 10.6 Å². The van der Waals surface area contributed by atoms with E-state index in [1.807, 2.05) is 4.90 Å². The Morgan fingerprint density at radius 1 is 1.39 bits per heavy atom. The van der Waals surface area contributed by atoms with Crippen molar-refractivity contribution in [2.24, 2.45) is 5.73 Å². The summed E-state index contributed by atoms with van der Waals surface area (Å²) >= 11 is 0. The van der Waals surface area contributed by atoms with E-state index in [0.29, 0.717) is 24.9 Å². The molecule has 0 aliphatic heterocycles. The summed E-state index contributed by atoms with van der Waals surface area (Å²) < 4.78 is 37.9. The molecule has 0 spiro atoms. The van der Waals surface area contributed by atoms with Gasteiger partial charge in [-0.05, 0) is 37.9 Å². The molecule has 0 bridgehead atoms. The molecule has 1 heterocycles. The number of hydrogen-bond acceptors (Lipinski definition) is 3. The lowest BCUT2D eigenvalue weighted by atomic mass is 10.2. The number of nitrogens with two attached hydrogens (primary N) is 1. The maximum Gasteiger partial charge on any atom is 0.416 e. The molecule has 1 saturated carbocycles. The fourth-order valence-corrected chi connectivity index (χ4v) is 1.88. The van der Waals surface area contributed by atoms with E-state index in [9.17, 15) is 13.2 Å². The highest BCUT2D eigenvalue weighted by molar-refractivity contribution is 5.44. The Labute approximate surface area is 104 Å². The van der Waals surface area contributed by atoms with Gasteiger partial charge in [-0.15, -0.1) is 0 Å². The van der Waals surface area contributed by atoms with Crippen molar-refractivity contribution in [3.63, 3.8) is 0 Å². The second-order valence-electron chi connectivity index (χ2n) is 4.47. The minimum Gasteiger partial charge on any atom is -0.354 e. The quantitative estimate of drug-likeness (QED) is 0.883. The zero-order valence-electron chi connectivity index (χ0n) is 9.95. The van der Waals surface area contributed by atoms with Crippen LogP contribution in [0.5, 0.6) is 0 Å². The first-order chi connectivity index (χ1) is 8.52. The Morgan fingerprint density at radius 2 is 2.11 bits per heavy atom. The number of alkyl halides is 3. The second-order valence-corrected chi connectivity index (χ2v) is 4.47. The Bertz CT molecular complexity index is 402. The van der Waals surface area contributed by atoms with Crippen LogP contribution in [0, 0.1) is 0 Å². The summed E-state index contributed by atoms with van der Waals surface area (Å²) in [6.45, 7) is 1.19. The van der Waals surface area contributed by atoms with Gasteiger partial charge in [0.1, 0.15) is 5.82 Å². The number of anilines is 1. The molecule has 2 N–H and O–H groups in total. The third kappa shape index (κ3) is 3.13. The number of nitrogens with zero attached hydrogens (tertiary/aromatic N) is 2. The van der Waals surface area contributed by atoms with Gasteiger partial charge in [0.15, 0.2) is 0 Å². The molecular formula is C12H16F3N3. The van der Waals surface area contributed by atoms with E-state index in [2.05, 4.69) is 4.98 Å². The number of aromatic nitrogens is 1. The predicted molar refractivity (Wildman–Crippen MR) is 63.3 cm³/mol. The standard InChI is InChI=1S/C12H16F3N3/c13-12(14,15)9-4-6-17-11(8-9)18(7-1-5-16)10-2-3-10/h4,6,8,10H,1-3,5,7,16H2. The molecule has 2 rings (SSSR count). The maximum atomic E-state index is 12.6. The zero-order valence-corrected chi connectivity index (χ0v) is 9.95. The van der Waals surface area contributed by atoms with Gasteiger partial charge in [0.05, 0.1) is 5.56 Å². The largest absolute Gasteiger partial charge is 0.416 e. The van der Waals surface area contributed by atoms with Crippen molar-refractivity contribution < 1.29 is 13.2 Å². The highest BCUT2D eigenvalue weighted by Gasteiger charge is 2.33. The Morgan fingerprint density at radius 3 is 2.67 bits per heavy atom. The maximum absolute atomic E-state index is 12.6. The molecular weight excluding hydrogens is 243 g/mol. The molecule has 0 amide bonds. The molecule has 1 aromatic heterocycles. The van der Waals surface area contributed by atoms with Crippen molar-refractivity contribution in [3.8, 4) is 0 Å². The van der Waals surface area contributed by atoms with Crippen molar-refractivity contribution in [2.75, 3.05) is 18.0 Å². The normalized spacial score (nSPS) is 15.8. The van der Waals surface area contributed by atoms with Gasteiger partial charge >= 0.3 is 6.18 Å². The minimum absolute atomic E-state index is 0.326. The van der Waals surface area contributed by atoms with Crippen LogP contribution in [-0.4, -0.2) is 24.1 Å². The minimum atomic E-state index is -4.32. The Hall–Kier alpha value is -1.30. The van der Waals surface area contributed by atoms with Gasteiger partial charge in [-0.2, -0.15) is 13.2 Å². The van der Waals surface area contributed by atoms with Gasteiger partial charge in [0, 0.05) is 18.8 Å². The monoisotopic (exact) mass is 259 g/mol. The summed E-state index contributed by atoms with van der Waals surface area (Å²) in [5.74, 6) is 0.403. The smallest absolute Gasteiger partial charge is 0.354 e. The summed E-state index contributed by atoms with van der Waals surface area (Å²) in [5, 5.41) is 0. The van der Waals surface area contributed by atoms with E-state index >= 15 is 0 Å². The van der Waals surface area contributed by atoms with Crippen LogP contribution in [-0.2, 0) is 6.18 Å². The van der Waals surface area contributed by atoms with Crippen LogP contribution in [0.4, 0.5) is 19.0 Å². The van der Waals surface area contributed by atoms with Crippen molar-refractivity contribution in [3.05, 3.63) is 23.9 Å². The second kappa shape index (κ2) is 5.14. The molecule has 1 aliphatic carbocycles. The fraction of sp³-hybridized carbons (Fsp3) is 0.583. The van der Waals surface area contributed by atoms with E-state index in [1.54, 1.807) is 0 Å². The molecule has 1 aromatic rings. The van der Waals surface area contributed by atoms with E-state index in [1.165, 1.54) is 6.20 Å². The molecule has 0 aromatic carbocycles. The molecule has 1 aliphatic rings.